The third-order valence-electron chi connectivity index (χ3n) is 2.56. The highest BCUT2D eigenvalue weighted by molar-refractivity contribution is 9.10. The van der Waals surface area contributed by atoms with Gasteiger partial charge in [0.05, 0.1) is 12.3 Å². The Labute approximate surface area is 107 Å². The fourth-order valence-electron chi connectivity index (χ4n) is 1.62. The van der Waals surface area contributed by atoms with E-state index in [1.54, 1.807) is 25.6 Å². The summed E-state index contributed by atoms with van der Waals surface area (Å²) in [7, 11) is 1.74. The predicted molar refractivity (Wildman–Crippen MR) is 68.2 cm³/mol. The molecule has 0 aliphatic heterocycles. The Morgan fingerprint density at radius 2 is 2.24 bits per heavy atom. The lowest BCUT2D eigenvalue weighted by Crippen LogP contribution is -2.06. The lowest BCUT2D eigenvalue weighted by molar-refractivity contribution is 0.179. The van der Waals surface area contributed by atoms with Crippen LogP contribution in [0.15, 0.2) is 29.1 Å². The van der Waals surface area contributed by atoms with Crippen molar-refractivity contribution in [3.05, 3.63) is 40.3 Å². The van der Waals surface area contributed by atoms with Crippen molar-refractivity contribution >= 4 is 21.7 Å². The van der Waals surface area contributed by atoms with Crippen LogP contribution in [0.5, 0.6) is 0 Å². The van der Waals surface area contributed by atoms with E-state index in [4.69, 9.17) is 5.73 Å². The van der Waals surface area contributed by atoms with E-state index < -0.39 is 6.10 Å². The summed E-state index contributed by atoms with van der Waals surface area (Å²) in [6, 6.07) is 1.92. The third-order valence-corrected chi connectivity index (χ3v) is 3.00. The third kappa shape index (κ3) is 2.65. The van der Waals surface area contributed by atoms with Gasteiger partial charge in [0.1, 0.15) is 5.82 Å². The van der Waals surface area contributed by atoms with Crippen LogP contribution in [0.3, 0.4) is 0 Å². The van der Waals surface area contributed by atoms with Gasteiger partial charge in [0.2, 0.25) is 0 Å². The molecule has 3 N–H and O–H groups in total. The standard InChI is InChI=1S/C11H13BrN4O/c1-16-11(13)9(6-15-16)10(17)3-7-2-8(12)5-14-4-7/h2,4-6,10,17H,3,13H2,1H3. The Bertz CT molecular complexity index is 526. The van der Waals surface area contributed by atoms with E-state index in [9.17, 15) is 5.11 Å². The van der Waals surface area contributed by atoms with E-state index in [1.807, 2.05) is 6.07 Å². The molecule has 1 atom stereocenters. The van der Waals surface area contributed by atoms with Crippen molar-refractivity contribution in [2.45, 2.75) is 12.5 Å². The number of anilines is 1. The maximum atomic E-state index is 10.1. The van der Waals surface area contributed by atoms with Crippen LogP contribution >= 0.6 is 15.9 Å². The largest absolute Gasteiger partial charge is 0.388 e. The van der Waals surface area contributed by atoms with Crippen molar-refractivity contribution in [1.82, 2.24) is 14.8 Å². The first kappa shape index (κ1) is 12.1. The smallest absolute Gasteiger partial charge is 0.127 e. The number of aryl methyl sites for hydroxylation is 1. The minimum atomic E-state index is -0.667. The molecule has 0 aliphatic rings. The van der Waals surface area contributed by atoms with Gasteiger partial charge < -0.3 is 10.8 Å². The molecule has 2 aromatic heterocycles. The Morgan fingerprint density at radius 3 is 2.82 bits per heavy atom. The molecule has 5 nitrogen and oxygen atoms in total. The highest BCUT2D eigenvalue weighted by Crippen LogP contribution is 2.23. The number of halogens is 1. The minimum absolute atomic E-state index is 0.461. The van der Waals surface area contributed by atoms with E-state index >= 15 is 0 Å². The van der Waals surface area contributed by atoms with Gasteiger partial charge in [-0.1, -0.05) is 0 Å². The van der Waals surface area contributed by atoms with Crippen LogP contribution in [0.2, 0.25) is 0 Å². The number of rotatable bonds is 3. The molecule has 0 spiro atoms. The van der Waals surface area contributed by atoms with Crippen LogP contribution in [-0.4, -0.2) is 19.9 Å². The van der Waals surface area contributed by atoms with Gasteiger partial charge in [-0.15, -0.1) is 0 Å². The molecule has 1 unspecified atom stereocenters. The highest BCUT2D eigenvalue weighted by atomic mass is 79.9. The van der Waals surface area contributed by atoms with Crippen LogP contribution in [0.1, 0.15) is 17.2 Å². The minimum Gasteiger partial charge on any atom is -0.388 e. The Morgan fingerprint density at radius 1 is 1.47 bits per heavy atom. The normalized spacial score (nSPS) is 12.6. The van der Waals surface area contributed by atoms with Crippen molar-refractivity contribution in [3.63, 3.8) is 0 Å². The highest BCUT2D eigenvalue weighted by Gasteiger charge is 2.15. The van der Waals surface area contributed by atoms with E-state index in [-0.39, 0.29) is 0 Å². The molecule has 17 heavy (non-hydrogen) atoms. The molecular formula is C11H13BrN4O. The SMILES string of the molecule is Cn1ncc(C(O)Cc2cncc(Br)c2)c1N. The summed E-state index contributed by atoms with van der Waals surface area (Å²) in [6.45, 7) is 0. The van der Waals surface area contributed by atoms with Gasteiger partial charge in [-0.3, -0.25) is 9.67 Å². The molecule has 0 aliphatic carbocycles. The molecule has 0 radical (unpaired) electrons. The average Bonchev–Trinajstić information content (AvgIpc) is 2.60. The second kappa shape index (κ2) is 4.85. The first-order chi connectivity index (χ1) is 8.08. The fourth-order valence-corrected chi connectivity index (χ4v) is 2.03. The average molecular weight is 297 g/mol. The van der Waals surface area contributed by atoms with Gasteiger partial charge in [0.25, 0.3) is 0 Å². The molecule has 2 aromatic rings. The summed E-state index contributed by atoms with van der Waals surface area (Å²) in [5.41, 5.74) is 7.39. The second-order valence-corrected chi connectivity index (χ2v) is 4.76. The molecule has 2 rings (SSSR count). The number of hydrogen-bond acceptors (Lipinski definition) is 4. The lowest BCUT2D eigenvalue weighted by atomic mass is 10.1. The zero-order valence-corrected chi connectivity index (χ0v) is 10.9. The fraction of sp³-hybridized carbons (Fsp3) is 0.273. The van der Waals surface area contributed by atoms with Gasteiger partial charge in [-0.2, -0.15) is 5.10 Å². The lowest BCUT2D eigenvalue weighted by Gasteiger charge is -2.10. The second-order valence-electron chi connectivity index (χ2n) is 3.84. The number of hydrogen-bond donors (Lipinski definition) is 2. The molecule has 6 heteroatoms. The summed E-state index contributed by atoms with van der Waals surface area (Å²) >= 11 is 3.34. The summed E-state index contributed by atoms with van der Waals surface area (Å²) in [5.74, 6) is 0.487. The summed E-state index contributed by atoms with van der Waals surface area (Å²) in [4.78, 5) is 4.05. The predicted octanol–water partition coefficient (Wildman–Crippen LogP) is 1.44. The van der Waals surface area contributed by atoms with Crippen LogP contribution in [0.4, 0.5) is 5.82 Å². The summed E-state index contributed by atoms with van der Waals surface area (Å²) < 4.78 is 2.43. The van der Waals surface area contributed by atoms with E-state index in [0.29, 0.717) is 17.8 Å². The number of nitrogen functional groups attached to an aromatic ring is 1. The van der Waals surface area contributed by atoms with Crippen molar-refractivity contribution < 1.29 is 5.11 Å². The van der Waals surface area contributed by atoms with Crippen LogP contribution < -0.4 is 5.73 Å². The zero-order chi connectivity index (χ0) is 12.4. The zero-order valence-electron chi connectivity index (χ0n) is 9.34. The van der Waals surface area contributed by atoms with Gasteiger partial charge >= 0.3 is 0 Å². The van der Waals surface area contributed by atoms with Crippen molar-refractivity contribution in [2.75, 3.05) is 5.73 Å². The molecule has 0 saturated heterocycles. The van der Waals surface area contributed by atoms with E-state index in [1.165, 1.54) is 4.68 Å². The molecule has 0 aromatic carbocycles. The van der Waals surface area contributed by atoms with Gasteiger partial charge in [0, 0.05) is 35.9 Å². The Hall–Kier alpha value is -1.40. The van der Waals surface area contributed by atoms with Crippen molar-refractivity contribution in [1.29, 1.82) is 0 Å². The van der Waals surface area contributed by atoms with Crippen molar-refractivity contribution in [2.24, 2.45) is 7.05 Å². The maximum absolute atomic E-state index is 10.1. The van der Waals surface area contributed by atoms with Crippen molar-refractivity contribution in [3.8, 4) is 0 Å². The number of pyridine rings is 1. The summed E-state index contributed by atoms with van der Waals surface area (Å²) in [5, 5.41) is 14.1. The molecule has 0 fully saturated rings. The molecule has 0 amide bonds. The Kier molecular flexibility index (Phi) is 3.44. The first-order valence-electron chi connectivity index (χ1n) is 5.13. The quantitative estimate of drug-likeness (QED) is 0.898. The first-order valence-corrected chi connectivity index (χ1v) is 5.92. The molecule has 0 bridgehead atoms. The molecule has 2 heterocycles. The number of aliphatic hydroxyl groups is 1. The maximum Gasteiger partial charge on any atom is 0.127 e. The number of aliphatic hydroxyl groups excluding tert-OH is 1. The number of nitrogens with zero attached hydrogens (tertiary/aromatic N) is 3. The van der Waals surface area contributed by atoms with E-state index in [0.717, 1.165) is 10.0 Å². The molecule has 90 valence electrons. The van der Waals surface area contributed by atoms with Gasteiger partial charge in [-0.05, 0) is 27.6 Å². The van der Waals surface area contributed by atoms with Crippen LogP contribution in [0.25, 0.3) is 0 Å². The van der Waals surface area contributed by atoms with Gasteiger partial charge in [0.15, 0.2) is 0 Å². The molecular weight excluding hydrogens is 284 g/mol. The monoisotopic (exact) mass is 296 g/mol. The number of aromatic nitrogens is 3. The summed E-state index contributed by atoms with van der Waals surface area (Å²) in [6.07, 6.45) is 4.81. The Balaban J connectivity index is 2.17. The van der Waals surface area contributed by atoms with Crippen LogP contribution in [0, 0.1) is 0 Å². The van der Waals surface area contributed by atoms with Crippen LogP contribution in [-0.2, 0) is 13.5 Å². The molecule has 0 saturated carbocycles. The van der Waals surface area contributed by atoms with E-state index in [2.05, 4.69) is 26.0 Å². The number of nitrogens with two attached hydrogens (primary N) is 1. The topological polar surface area (TPSA) is 77.0 Å². The van der Waals surface area contributed by atoms with Gasteiger partial charge in [-0.25, -0.2) is 0 Å².